The van der Waals surface area contributed by atoms with Crippen LogP contribution in [0.25, 0.3) is 10.8 Å². The third kappa shape index (κ3) is 0.961. The molecule has 0 aliphatic heterocycles. The van der Waals surface area contributed by atoms with Crippen molar-refractivity contribution in [1.29, 1.82) is 0 Å². The molecule has 59 valence electrons. The zero-order valence-electron chi connectivity index (χ0n) is 6.14. The van der Waals surface area contributed by atoms with Crippen molar-refractivity contribution < 1.29 is 8.78 Å². The Morgan fingerprint density at radius 2 is 1.75 bits per heavy atom. The highest BCUT2D eigenvalue weighted by Crippen LogP contribution is 2.19. The largest absolute Gasteiger partial charge is 0.206 e. The van der Waals surface area contributed by atoms with Crippen molar-refractivity contribution in [2.24, 2.45) is 0 Å². The van der Waals surface area contributed by atoms with Crippen LogP contribution in [-0.2, 0) is 0 Å². The summed E-state index contributed by atoms with van der Waals surface area (Å²) in [6, 6.07) is 9.79. The molecule has 2 aromatic carbocycles. The Morgan fingerprint density at radius 3 is 2.50 bits per heavy atom. The van der Waals surface area contributed by atoms with E-state index in [1.807, 2.05) is 0 Å². The molecule has 0 aliphatic rings. The van der Waals surface area contributed by atoms with Gasteiger partial charge in [0.2, 0.25) is 0 Å². The van der Waals surface area contributed by atoms with Gasteiger partial charge < -0.3 is 0 Å². The Kier molecular flexibility index (Phi) is 1.54. The Bertz CT molecular complexity index is 384. The fourth-order valence-corrected chi connectivity index (χ4v) is 1.18. The quantitative estimate of drug-likeness (QED) is 0.560. The monoisotopic (exact) mass is 163 g/mol. The predicted molar refractivity (Wildman–Crippen MR) is 42.7 cm³/mol. The van der Waals surface area contributed by atoms with Crippen molar-refractivity contribution in [3.05, 3.63) is 48.0 Å². The van der Waals surface area contributed by atoms with Gasteiger partial charge in [-0.2, -0.15) is 0 Å². The molecule has 0 spiro atoms. The number of hydrogen-bond acceptors (Lipinski definition) is 0. The zero-order valence-corrected chi connectivity index (χ0v) is 6.14. The van der Waals surface area contributed by atoms with E-state index in [0.29, 0.717) is 5.39 Å². The van der Waals surface area contributed by atoms with Gasteiger partial charge in [-0.15, -0.1) is 0 Å². The highest BCUT2D eigenvalue weighted by molar-refractivity contribution is 5.82. The van der Waals surface area contributed by atoms with Crippen LogP contribution in [0.1, 0.15) is 0 Å². The molecule has 2 aromatic rings. The summed E-state index contributed by atoms with van der Waals surface area (Å²) in [4.78, 5) is 0. The van der Waals surface area contributed by atoms with Crippen molar-refractivity contribution in [3.63, 3.8) is 0 Å². The molecule has 0 nitrogen and oxygen atoms in total. The molecule has 2 heteroatoms. The van der Waals surface area contributed by atoms with Crippen LogP contribution in [-0.4, -0.2) is 0 Å². The summed E-state index contributed by atoms with van der Waals surface area (Å²) in [6.45, 7) is 0. The smallest absolute Gasteiger partial charge is 0.134 e. The molecule has 0 saturated carbocycles. The summed E-state index contributed by atoms with van der Waals surface area (Å²) in [5.74, 6) is -1.08. The van der Waals surface area contributed by atoms with Gasteiger partial charge in [0.05, 0.1) is 5.39 Å². The maximum Gasteiger partial charge on any atom is 0.134 e. The summed E-state index contributed by atoms with van der Waals surface area (Å²) >= 11 is 0. The van der Waals surface area contributed by atoms with E-state index in [1.54, 1.807) is 6.07 Å². The van der Waals surface area contributed by atoms with E-state index in [1.165, 1.54) is 24.3 Å². The van der Waals surface area contributed by atoms with Crippen molar-refractivity contribution >= 4 is 10.8 Å². The topological polar surface area (TPSA) is 0 Å². The van der Waals surface area contributed by atoms with Gasteiger partial charge in [0.15, 0.2) is 0 Å². The van der Waals surface area contributed by atoms with Crippen LogP contribution in [0.5, 0.6) is 0 Å². The van der Waals surface area contributed by atoms with Crippen molar-refractivity contribution in [2.75, 3.05) is 0 Å². The second-order valence-corrected chi connectivity index (χ2v) is 2.49. The van der Waals surface area contributed by atoms with E-state index in [0.717, 1.165) is 0 Å². The third-order valence-electron chi connectivity index (χ3n) is 1.72. The molecule has 0 N–H and O–H groups in total. The van der Waals surface area contributed by atoms with Gasteiger partial charge in [-0.25, -0.2) is 8.78 Å². The molecule has 0 heterocycles. The van der Waals surface area contributed by atoms with Crippen LogP contribution < -0.4 is 0 Å². The molecule has 0 saturated heterocycles. The standard InChI is InChI=1S/C10H5F2/c11-8-5-1-3-7-4-2-6-9(12)10(7)8/h1-3,5-6H. The average molecular weight is 163 g/mol. The predicted octanol–water partition coefficient (Wildman–Crippen LogP) is 2.92. The second kappa shape index (κ2) is 2.55. The summed E-state index contributed by atoms with van der Waals surface area (Å²) in [7, 11) is 0. The minimum Gasteiger partial charge on any atom is -0.206 e. The molecular weight excluding hydrogens is 158 g/mol. The number of halogens is 2. The van der Waals surface area contributed by atoms with E-state index < -0.39 is 11.6 Å². The van der Waals surface area contributed by atoms with Crippen LogP contribution in [0.4, 0.5) is 8.78 Å². The lowest BCUT2D eigenvalue weighted by molar-refractivity contribution is 0.608. The molecule has 0 aliphatic carbocycles. The van der Waals surface area contributed by atoms with E-state index in [4.69, 9.17) is 0 Å². The SMILES string of the molecule is Fc1cc[c]c2cccc(F)c12. The van der Waals surface area contributed by atoms with Gasteiger partial charge in [-0.05, 0) is 23.6 Å². The van der Waals surface area contributed by atoms with Crippen LogP contribution in [0, 0.1) is 17.7 Å². The Hall–Kier alpha value is -1.44. The fourth-order valence-electron chi connectivity index (χ4n) is 1.18. The molecule has 0 aromatic heterocycles. The van der Waals surface area contributed by atoms with Crippen LogP contribution in [0.15, 0.2) is 30.3 Å². The number of hydrogen-bond donors (Lipinski definition) is 0. The molecule has 1 radical (unpaired) electrons. The number of rotatable bonds is 0. The van der Waals surface area contributed by atoms with Gasteiger partial charge in [0.25, 0.3) is 0 Å². The molecule has 0 atom stereocenters. The van der Waals surface area contributed by atoms with Gasteiger partial charge in [-0.3, -0.25) is 0 Å². The lowest BCUT2D eigenvalue weighted by Crippen LogP contribution is -1.83. The lowest BCUT2D eigenvalue weighted by Gasteiger charge is -1.98. The molecule has 0 unspecified atom stereocenters. The Labute approximate surface area is 68.4 Å². The van der Waals surface area contributed by atoms with Crippen molar-refractivity contribution in [1.82, 2.24) is 0 Å². The minimum absolute atomic E-state index is 0.0139. The summed E-state index contributed by atoms with van der Waals surface area (Å²) in [5, 5.41) is 0.481. The van der Waals surface area contributed by atoms with Gasteiger partial charge in [-0.1, -0.05) is 18.2 Å². The highest BCUT2D eigenvalue weighted by Gasteiger charge is 2.04. The van der Waals surface area contributed by atoms with Gasteiger partial charge in [0, 0.05) is 0 Å². The van der Waals surface area contributed by atoms with E-state index >= 15 is 0 Å². The Balaban J connectivity index is 2.96. The summed E-state index contributed by atoms with van der Waals surface area (Å²) < 4.78 is 26.0. The number of fused-ring (bicyclic) bond motifs is 1. The number of benzene rings is 2. The first-order valence-corrected chi connectivity index (χ1v) is 3.53. The summed E-state index contributed by atoms with van der Waals surface area (Å²) in [6.07, 6.45) is 0. The molecule has 0 bridgehead atoms. The van der Waals surface area contributed by atoms with E-state index in [2.05, 4.69) is 6.07 Å². The maximum absolute atomic E-state index is 13.0. The first-order valence-electron chi connectivity index (χ1n) is 3.53. The van der Waals surface area contributed by atoms with Crippen LogP contribution in [0.2, 0.25) is 0 Å². The molecule has 12 heavy (non-hydrogen) atoms. The summed E-state index contributed by atoms with van der Waals surface area (Å²) in [5.41, 5.74) is 0. The van der Waals surface area contributed by atoms with Crippen LogP contribution >= 0.6 is 0 Å². The highest BCUT2D eigenvalue weighted by atomic mass is 19.1. The van der Waals surface area contributed by atoms with Crippen molar-refractivity contribution in [3.8, 4) is 0 Å². The zero-order chi connectivity index (χ0) is 8.55. The molecule has 0 fully saturated rings. The van der Waals surface area contributed by atoms with E-state index in [-0.39, 0.29) is 5.39 Å². The first-order chi connectivity index (χ1) is 5.79. The third-order valence-corrected chi connectivity index (χ3v) is 1.72. The molecular formula is C10H5F2. The second-order valence-electron chi connectivity index (χ2n) is 2.49. The lowest BCUT2D eigenvalue weighted by atomic mass is 10.1. The van der Waals surface area contributed by atoms with Crippen LogP contribution in [0.3, 0.4) is 0 Å². The minimum atomic E-state index is -0.540. The van der Waals surface area contributed by atoms with Crippen molar-refractivity contribution in [2.45, 2.75) is 0 Å². The van der Waals surface area contributed by atoms with E-state index in [9.17, 15) is 8.78 Å². The molecule has 2 rings (SSSR count). The average Bonchev–Trinajstić information content (AvgIpc) is 2.04. The molecule has 0 amide bonds. The Morgan fingerprint density at radius 1 is 1.00 bits per heavy atom. The maximum atomic E-state index is 13.0. The normalized spacial score (nSPS) is 10.5. The fraction of sp³-hybridized carbons (Fsp3) is 0. The van der Waals surface area contributed by atoms with Gasteiger partial charge >= 0.3 is 0 Å². The first kappa shape index (κ1) is 7.22. The van der Waals surface area contributed by atoms with Gasteiger partial charge in [0.1, 0.15) is 11.6 Å².